The van der Waals surface area contributed by atoms with Crippen molar-refractivity contribution in [1.82, 2.24) is 0 Å². The van der Waals surface area contributed by atoms with Gasteiger partial charge in [-0.15, -0.1) is 0 Å². The van der Waals surface area contributed by atoms with Gasteiger partial charge >= 0.3 is 0 Å². The fourth-order valence-corrected chi connectivity index (χ4v) is 2.41. The molecule has 1 aromatic carbocycles. The first-order chi connectivity index (χ1) is 7.00. The van der Waals surface area contributed by atoms with Crippen LogP contribution in [0, 0.1) is 5.92 Å². The Labute approximate surface area is 90.7 Å². The van der Waals surface area contributed by atoms with E-state index in [2.05, 4.69) is 25.2 Å². The van der Waals surface area contributed by atoms with Gasteiger partial charge in [0.25, 0.3) is 0 Å². The highest BCUT2D eigenvalue weighted by molar-refractivity contribution is 5.94. The van der Waals surface area contributed by atoms with E-state index in [4.69, 9.17) is 0 Å². The van der Waals surface area contributed by atoms with E-state index >= 15 is 0 Å². The summed E-state index contributed by atoms with van der Waals surface area (Å²) in [4.78, 5) is 11.8. The van der Waals surface area contributed by atoms with Crippen LogP contribution in [0.4, 0.5) is 5.69 Å². The summed E-state index contributed by atoms with van der Waals surface area (Å²) in [6.07, 6.45) is 0.899. The van der Waals surface area contributed by atoms with Crippen LogP contribution in [0.3, 0.4) is 0 Å². The number of hydrogen-bond donors (Lipinski definition) is 1. The molecule has 1 N–H and O–H groups in total. The Balaban J connectivity index is 2.52. The van der Waals surface area contributed by atoms with E-state index in [-0.39, 0.29) is 17.2 Å². The van der Waals surface area contributed by atoms with Gasteiger partial charge in [-0.05, 0) is 23.5 Å². The van der Waals surface area contributed by atoms with Crippen molar-refractivity contribution in [1.29, 1.82) is 0 Å². The Bertz CT molecular complexity index is 395. The Morgan fingerprint density at radius 3 is 2.73 bits per heavy atom. The fourth-order valence-electron chi connectivity index (χ4n) is 2.41. The zero-order chi connectivity index (χ0) is 11.1. The molecular formula is C13H17NO. The molecule has 0 bridgehead atoms. The van der Waals surface area contributed by atoms with Crippen LogP contribution in [0.1, 0.15) is 32.8 Å². The largest absolute Gasteiger partial charge is 0.326 e. The van der Waals surface area contributed by atoms with Crippen molar-refractivity contribution in [2.75, 3.05) is 5.32 Å². The number of rotatable bonds is 0. The minimum absolute atomic E-state index is 0.0647. The molecule has 0 spiro atoms. The van der Waals surface area contributed by atoms with Crippen molar-refractivity contribution in [3.05, 3.63) is 29.8 Å². The van der Waals surface area contributed by atoms with Crippen molar-refractivity contribution < 1.29 is 4.79 Å². The second kappa shape index (κ2) is 3.37. The van der Waals surface area contributed by atoms with E-state index in [0.29, 0.717) is 0 Å². The molecule has 1 aromatic rings. The third-order valence-electron chi connectivity index (χ3n) is 3.18. The molecule has 2 nitrogen and oxygen atoms in total. The van der Waals surface area contributed by atoms with Gasteiger partial charge < -0.3 is 5.32 Å². The molecule has 0 fully saturated rings. The van der Waals surface area contributed by atoms with Crippen LogP contribution in [-0.4, -0.2) is 5.91 Å². The quantitative estimate of drug-likeness (QED) is 0.690. The molecule has 1 atom stereocenters. The zero-order valence-electron chi connectivity index (χ0n) is 9.50. The Morgan fingerprint density at radius 1 is 1.33 bits per heavy atom. The molecular weight excluding hydrogens is 186 g/mol. The topological polar surface area (TPSA) is 29.1 Å². The lowest BCUT2D eigenvalue weighted by Gasteiger charge is -2.25. The number of carbonyl (C=O) groups excluding carboxylic acids is 1. The molecule has 0 aromatic heterocycles. The predicted octanol–water partition coefficient (Wildman–Crippen LogP) is 2.94. The van der Waals surface area contributed by atoms with E-state index < -0.39 is 0 Å². The summed E-state index contributed by atoms with van der Waals surface area (Å²) in [5.41, 5.74) is 2.27. The van der Waals surface area contributed by atoms with Crippen molar-refractivity contribution in [3.63, 3.8) is 0 Å². The third kappa shape index (κ3) is 1.76. The molecule has 1 unspecified atom stereocenters. The summed E-state index contributed by atoms with van der Waals surface area (Å²) in [5.74, 6) is 0.209. The fraction of sp³-hybridized carbons (Fsp3) is 0.462. The minimum Gasteiger partial charge on any atom is -0.326 e. The van der Waals surface area contributed by atoms with Gasteiger partial charge in [0.1, 0.15) is 0 Å². The number of benzene rings is 1. The summed E-state index contributed by atoms with van der Waals surface area (Å²) in [6.45, 7) is 6.38. The smallest absolute Gasteiger partial charge is 0.227 e. The third-order valence-corrected chi connectivity index (χ3v) is 3.18. The standard InChI is InChI=1S/C13H17NO/c1-9-8-13(2,3)10-6-4-5-7-11(10)14-12(9)15/h4-7,9H,8H2,1-3H3,(H,14,15). The zero-order valence-corrected chi connectivity index (χ0v) is 9.50. The molecule has 1 amide bonds. The second-order valence-corrected chi connectivity index (χ2v) is 5.02. The molecule has 2 rings (SSSR count). The molecule has 1 heterocycles. The Hall–Kier alpha value is -1.31. The number of anilines is 1. The van der Waals surface area contributed by atoms with Crippen molar-refractivity contribution in [2.45, 2.75) is 32.6 Å². The van der Waals surface area contributed by atoms with E-state index in [1.54, 1.807) is 0 Å². The maximum atomic E-state index is 11.8. The van der Waals surface area contributed by atoms with Gasteiger partial charge in [0.05, 0.1) is 0 Å². The first kappa shape index (κ1) is 10.2. The van der Waals surface area contributed by atoms with Crippen LogP contribution in [0.15, 0.2) is 24.3 Å². The van der Waals surface area contributed by atoms with Gasteiger partial charge in [-0.3, -0.25) is 4.79 Å². The number of nitrogens with one attached hydrogen (secondary N) is 1. The number of para-hydroxylation sites is 1. The molecule has 15 heavy (non-hydrogen) atoms. The van der Waals surface area contributed by atoms with Crippen LogP contribution < -0.4 is 5.32 Å². The lowest BCUT2D eigenvalue weighted by molar-refractivity contribution is -0.119. The number of hydrogen-bond acceptors (Lipinski definition) is 1. The van der Waals surface area contributed by atoms with Crippen molar-refractivity contribution in [2.24, 2.45) is 5.92 Å². The molecule has 0 saturated heterocycles. The minimum atomic E-state index is 0.0647. The van der Waals surface area contributed by atoms with Gasteiger partial charge in [0.2, 0.25) is 5.91 Å². The van der Waals surface area contributed by atoms with Crippen LogP contribution in [0.5, 0.6) is 0 Å². The van der Waals surface area contributed by atoms with Crippen molar-refractivity contribution in [3.8, 4) is 0 Å². The monoisotopic (exact) mass is 203 g/mol. The molecule has 0 radical (unpaired) electrons. The Kier molecular flexibility index (Phi) is 2.29. The molecule has 0 saturated carbocycles. The summed E-state index contributed by atoms with van der Waals surface area (Å²) in [6, 6.07) is 8.08. The molecule has 1 aliphatic heterocycles. The highest BCUT2D eigenvalue weighted by Crippen LogP contribution is 2.38. The van der Waals surface area contributed by atoms with Gasteiger partial charge in [0.15, 0.2) is 0 Å². The maximum absolute atomic E-state index is 11.8. The number of amides is 1. The molecule has 80 valence electrons. The first-order valence-electron chi connectivity index (χ1n) is 5.41. The van der Waals surface area contributed by atoms with E-state index in [1.165, 1.54) is 5.56 Å². The van der Waals surface area contributed by atoms with Crippen LogP contribution in [0.2, 0.25) is 0 Å². The first-order valence-corrected chi connectivity index (χ1v) is 5.41. The SMILES string of the molecule is CC1CC(C)(C)c2ccccc2NC1=O. The lowest BCUT2D eigenvalue weighted by Crippen LogP contribution is -2.22. The van der Waals surface area contributed by atoms with Crippen molar-refractivity contribution >= 4 is 11.6 Å². The average Bonchev–Trinajstić information content (AvgIpc) is 2.24. The van der Waals surface area contributed by atoms with Gasteiger partial charge in [-0.1, -0.05) is 39.0 Å². The Morgan fingerprint density at radius 2 is 2.00 bits per heavy atom. The summed E-state index contributed by atoms with van der Waals surface area (Å²) in [5, 5.41) is 2.99. The summed E-state index contributed by atoms with van der Waals surface area (Å²) < 4.78 is 0. The predicted molar refractivity (Wildman–Crippen MR) is 61.9 cm³/mol. The maximum Gasteiger partial charge on any atom is 0.227 e. The van der Waals surface area contributed by atoms with Crippen LogP contribution >= 0.6 is 0 Å². The van der Waals surface area contributed by atoms with Crippen LogP contribution in [0.25, 0.3) is 0 Å². The molecule has 2 heteroatoms. The highest BCUT2D eigenvalue weighted by atomic mass is 16.1. The molecule has 0 aliphatic carbocycles. The van der Waals surface area contributed by atoms with E-state index in [1.807, 2.05) is 25.1 Å². The average molecular weight is 203 g/mol. The highest BCUT2D eigenvalue weighted by Gasteiger charge is 2.32. The summed E-state index contributed by atoms with van der Waals surface area (Å²) in [7, 11) is 0. The number of fused-ring (bicyclic) bond motifs is 1. The van der Waals surface area contributed by atoms with Gasteiger partial charge in [0, 0.05) is 11.6 Å². The normalized spacial score (nSPS) is 23.9. The van der Waals surface area contributed by atoms with Gasteiger partial charge in [-0.2, -0.15) is 0 Å². The number of carbonyl (C=O) groups is 1. The lowest BCUT2D eigenvalue weighted by atomic mass is 9.78. The summed E-state index contributed by atoms with van der Waals surface area (Å²) >= 11 is 0. The van der Waals surface area contributed by atoms with Crippen LogP contribution in [-0.2, 0) is 10.2 Å². The van der Waals surface area contributed by atoms with E-state index in [9.17, 15) is 4.79 Å². The van der Waals surface area contributed by atoms with E-state index in [0.717, 1.165) is 12.1 Å². The molecule has 1 aliphatic rings. The second-order valence-electron chi connectivity index (χ2n) is 5.02. The van der Waals surface area contributed by atoms with Gasteiger partial charge in [-0.25, -0.2) is 0 Å².